The van der Waals surface area contributed by atoms with Crippen molar-refractivity contribution in [1.29, 1.82) is 0 Å². The minimum absolute atomic E-state index is 0.0594. The Labute approximate surface area is 115 Å². The summed E-state index contributed by atoms with van der Waals surface area (Å²) in [5.74, 6) is -0.161. The molecule has 2 rings (SSSR count). The van der Waals surface area contributed by atoms with E-state index in [1.807, 2.05) is 35.2 Å². The van der Waals surface area contributed by atoms with Gasteiger partial charge in [0.05, 0.1) is 17.7 Å². The standard InChI is InChI=1S/C13H15N3O2S/c1-18-7-13(17)16-11-4-2-10(3-5-11)14-6-12-8-19-9-15-12/h2-5,8-9,14H,6-7H2,1H3,(H,16,17). The number of carbonyl (C=O) groups is 1. The van der Waals surface area contributed by atoms with Crippen LogP contribution in [0, 0.1) is 0 Å². The van der Waals surface area contributed by atoms with Crippen molar-refractivity contribution in [3.63, 3.8) is 0 Å². The summed E-state index contributed by atoms with van der Waals surface area (Å²) in [5, 5.41) is 8.00. The Morgan fingerprint density at radius 1 is 1.32 bits per heavy atom. The Morgan fingerprint density at radius 3 is 2.68 bits per heavy atom. The van der Waals surface area contributed by atoms with Crippen LogP contribution < -0.4 is 10.6 Å². The molecule has 0 aliphatic carbocycles. The molecule has 0 unspecified atom stereocenters. The van der Waals surface area contributed by atoms with Crippen molar-refractivity contribution in [2.75, 3.05) is 24.4 Å². The van der Waals surface area contributed by atoms with Crippen molar-refractivity contribution in [1.82, 2.24) is 4.98 Å². The summed E-state index contributed by atoms with van der Waals surface area (Å²) in [6.07, 6.45) is 0. The van der Waals surface area contributed by atoms with Crippen molar-refractivity contribution in [2.45, 2.75) is 6.54 Å². The lowest BCUT2D eigenvalue weighted by atomic mass is 10.2. The van der Waals surface area contributed by atoms with Crippen LogP contribution in [-0.2, 0) is 16.1 Å². The summed E-state index contributed by atoms with van der Waals surface area (Å²) in [7, 11) is 1.49. The topological polar surface area (TPSA) is 63.2 Å². The lowest BCUT2D eigenvalue weighted by molar-refractivity contribution is -0.119. The van der Waals surface area contributed by atoms with Crippen molar-refractivity contribution in [2.24, 2.45) is 0 Å². The molecular formula is C13H15N3O2S. The van der Waals surface area contributed by atoms with E-state index in [1.165, 1.54) is 7.11 Å². The van der Waals surface area contributed by atoms with E-state index in [-0.39, 0.29) is 12.5 Å². The molecule has 1 aromatic heterocycles. The molecule has 0 aliphatic rings. The summed E-state index contributed by atoms with van der Waals surface area (Å²) in [5.41, 5.74) is 4.56. The van der Waals surface area contributed by atoms with Gasteiger partial charge >= 0.3 is 0 Å². The summed E-state index contributed by atoms with van der Waals surface area (Å²) in [4.78, 5) is 15.5. The Hall–Kier alpha value is -1.92. The zero-order valence-corrected chi connectivity index (χ0v) is 11.4. The van der Waals surface area contributed by atoms with Crippen molar-refractivity contribution < 1.29 is 9.53 Å². The number of anilines is 2. The van der Waals surface area contributed by atoms with Crippen molar-refractivity contribution >= 4 is 28.6 Å². The maximum atomic E-state index is 11.3. The molecule has 1 aromatic carbocycles. The molecule has 0 bridgehead atoms. The molecule has 1 amide bonds. The number of methoxy groups -OCH3 is 1. The molecule has 0 saturated heterocycles. The fraction of sp³-hybridized carbons (Fsp3) is 0.231. The van der Waals surface area contributed by atoms with Gasteiger partial charge in [0, 0.05) is 23.9 Å². The highest BCUT2D eigenvalue weighted by molar-refractivity contribution is 7.07. The Bertz CT molecular complexity index is 511. The first kappa shape index (κ1) is 13.5. The van der Waals surface area contributed by atoms with Crippen LogP contribution in [0.3, 0.4) is 0 Å². The molecule has 6 heteroatoms. The summed E-state index contributed by atoms with van der Waals surface area (Å²) >= 11 is 1.58. The van der Waals surface area contributed by atoms with Crippen LogP contribution in [-0.4, -0.2) is 24.6 Å². The molecule has 0 aliphatic heterocycles. The van der Waals surface area contributed by atoms with Crippen LogP contribution in [0.2, 0.25) is 0 Å². The van der Waals surface area contributed by atoms with Crippen LogP contribution in [0.5, 0.6) is 0 Å². The number of nitrogens with zero attached hydrogens (tertiary/aromatic N) is 1. The Kier molecular flexibility index (Phi) is 4.88. The number of hydrogen-bond donors (Lipinski definition) is 2. The van der Waals surface area contributed by atoms with E-state index < -0.39 is 0 Å². The largest absolute Gasteiger partial charge is 0.379 e. The predicted molar refractivity (Wildman–Crippen MR) is 76.4 cm³/mol. The second-order valence-electron chi connectivity index (χ2n) is 3.89. The third-order valence-electron chi connectivity index (χ3n) is 2.40. The number of carbonyl (C=O) groups excluding carboxylic acids is 1. The first-order chi connectivity index (χ1) is 9.28. The fourth-order valence-corrected chi connectivity index (χ4v) is 2.08. The van der Waals surface area contributed by atoms with Crippen LogP contribution in [0.1, 0.15) is 5.69 Å². The average molecular weight is 277 g/mol. The highest BCUT2D eigenvalue weighted by atomic mass is 32.1. The van der Waals surface area contributed by atoms with Gasteiger partial charge in [-0.1, -0.05) is 0 Å². The summed E-state index contributed by atoms with van der Waals surface area (Å²) in [6.45, 7) is 0.753. The SMILES string of the molecule is COCC(=O)Nc1ccc(NCc2cscn2)cc1. The highest BCUT2D eigenvalue weighted by Gasteiger charge is 2.01. The molecule has 19 heavy (non-hydrogen) atoms. The second kappa shape index (κ2) is 6.86. The normalized spacial score (nSPS) is 10.2. The van der Waals surface area contributed by atoms with Crippen LogP contribution >= 0.6 is 11.3 Å². The molecule has 0 radical (unpaired) electrons. The van der Waals surface area contributed by atoms with E-state index in [0.717, 1.165) is 17.1 Å². The van der Waals surface area contributed by atoms with E-state index in [1.54, 1.807) is 11.3 Å². The van der Waals surface area contributed by atoms with Gasteiger partial charge in [-0.15, -0.1) is 11.3 Å². The molecule has 0 fully saturated rings. The minimum atomic E-state index is -0.161. The van der Waals surface area contributed by atoms with E-state index >= 15 is 0 Å². The lowest BCUT2D eigenvalue weighted by Crippen LogP contribution is -2.16. The van der Waals surface area contributed by atoms with Crippen molar-refractivity contribution in [3.8, 4) is 0 Å². The number of amides is 1. The fourth-order valence-electron chi connectivity index (χ4n) is 1.52. The maximum Gasteiger partial charge on any atom is 0.250 e. The van der Waals surface area contributed by atoms with Crippen LogP contribution in [0.4, 0.5) is 11.4 Å². The van der Waals surface area contributed by atoms with Gasteiger partial charge in [0.1, 0.15) is 6.61 Å². The van der Waals surface area contributed by atoms with Gasteiger partial charge in [0.25, 0.3) is 0 Å². The van der Waals surface area contributed by atoms with E-state index in [2.05, 4.69) is 15.6 Å². The quantitative estimate of drug-likeness (QED) is 0.850. The summed E-state index contributed by atoms with van der Waals surface area (Å²) in [6, 6.07) is 7.51. The van der Waals surface area contributed by atoms with Gasteiger partial charge in [-0.25, -0.2) is 4.98 Å². The van der Waals surface area contributed by atoms with Gasteiger partial charge in [-0.3, -0.25) is 4.79 Å². The van der Waals surface area contributed by atoms with Gasteiger partial charge in [0.15, 0.2) is 0 Å². The second-order valence-corrected chi connectivity index (χ2v) is 4.61. The molecule has 2 aromatic rings. The van der Waals surface area contributed by atoms with Gasteiger partial charge in [-0.05, 0) is 24.3 Å². The zero-order valence-electron chi connectivity index (χ0n) is 10.6. The third-order valence-corrected chi connectivity index (χ3v) is 3.04. The number of thiazole rings is 1. The Morgan fingerprint density at radius 2 is 2.05 bits per heavy atom. The number of rotatable bonds is 6. The highest BCUT2D eigenvalue weighted by Crippen LogP contribution is 2.14. The van der Waals surface area contributed by atoms with E-state index in [0.29, 0.717) is 6.54 Å². The maximum absolute atomic E-state index is 11.3. The van der Waals surface area contributed by atoms with Gasteiger partial charge in [-0.2, -0.15) is 0 Å². The van der Waals surface area contributed by atoms with Gasteiger partial charge < -0.3 is 15.4 Å². The molecule has 2 N–H and O–H groups in total. The monoisotopic (exact) mass is 277 g/mol. The molecule has 100 valence electrons. The first-order valence-electron chi connectivity index (χ1n) is 5.77. The molecule has 5 nitrogen and oxygen atoms in total. The average Bonchev–Trinajstić information content (AvgIpc) is 2.91. The summed E-state index contributed by atoms with van der Waals surface area (Å²) < 4.78 is 4.75. The van der Waals surface area contributed by atoms with Crippen LogP contribution in [0.15, 0.2) is 35.2 Å². The van der Waals surface area contributed by atoms with Crippen molar-refractivity contribution in [3.05, 3.63) is 40.8 Å². The smallest absolute Gasteiger partial charge is 0.250 e. The number of nitrogens with one attached hydrogen (secondary N) is 2. The predicted octanol–water partition coefficient (Wildman–Crippen LogP) is 2.34. The zero-order chi connectivity index (χ0) is 13.5. The van der Waals surface area contributed by atoms with E-state index in [4.69, 9.17) is 4.74 Å². The number of ether oxygens (including phenoxy) is 1. The molecule has 0 saturated carbocycles. The molecule has 1 heterocycles. The molecule has 0 spiro atoms. The number of benzene rings is 1. The first-order valence-corrected chi connectivity index (χ1v) is 6.72. The van der Waals surface area contributed by atoms with Gasteiger partial charge in [0.2, 0.25) is 5.91 Å². The Balaban J connectivity index is 1.85. The number of hydrogen-bond acceptors (Lipinski definition) is 5. The lowest BCUT2D eigenvalue weighted by Gasteiger charge is -2.07. The van der Waals surface area contributed by atoms with E-state index in [9.17, 15) is 4.79 Å². The number of aromatic nitrogens is 1. The molecule has 0 atom stereocenters. The minimum Gasteiger partial charge on any atom is -0.379 e. The third kappa shape index (κ3) is 4.35. The van der Waals surface area contributed by atoms with Crippen LogP contribution in [0.25, 0.3) is 0 Å². The molecular weight excluding hydrogens is 262 g/mol.